The molecule has 2 aromatic rings. The Bertz CT molecular complexity index is 1450. The van der Waals surface area contributed by atoms with Gasteiger partial charge in [-0.3, -0.25) is 14.1 Å². The molecule has 0 aliphatic carbocycles. The number of rotatable bonds is 9. The molecule has 0 saturated heterocycles. The van der Waals surface area contributed by atoms with Gasteiger partial charge in [0.05, 0.1) is 41.1 Å². The first-order valence-electron chi connectivity index (χ1n) is 12.1. The molecule has 0 radical (unpaired) electrons. The van der Waals surface area contributed by atoms with Crippen molar-refractivity contribution in [3.63, 3.8) is 0 Å². The number of thiazole rings is 1. The smallest absolute Gasteiger partial charge is 0.348 e. The number of amides is 1. The first-order valence-corrected chi connectivity index (χ1v) is 16.5. The Balaban J connectivity index is 1.76. The molecule has 2 aliphatic heterocycles. The van der Waals surface area contributed by atoms with E-state index in [0.29, 0.717) is 25.1 Å². The van der Waals surface area contributed by atoms with Crippen LogP contribution in [0.15, 0.2) is 45.2 Å². The van der Waals surface area contributed by atoms with E-state index in [-0.39, 0.29) is 40.2 Å². The lowest BCUT2D eigenvalue weighted by Gasteiger charge is -2.29. The summed E-state index contributed by atoms with van der Waals surface area (Å²) in [6.45, 7) is 8.34. The van der Waals surface area contributed by atoms with Crippen LogP contribution in [0.25, 0.3) is 0 Å². The van der Waals surface area contributed by atoms with Crippen LogP contribution in [0.3, 0.4) is 0 Å². The Kier molecular flexibility index (Phi) is 7.77. The van der Waals surface area contributed by atoms with Gasteiger partial charge in [0, 0.05) is 24.0 Å². The highest BCUT2D eigenvalue weighted by atomic mass is 32.2. The van der Waals surface area contributed by atoms with E-state index in [2.05, 4.69) is 40.6 Å². The largest absolute Gasteiger partial charge is 0.509 e. The van der Waals surface area contributed by atoms with Crippen molar-refractivity contribution in [2.75, 3.05) is 29.4 Å². The maximum Gasteiger partial charge on any atom is 0.348 e. The van der Waals surface area contributed by atoms with Crippen LogP contribution < -0.4 is 15.3 Å². The SMILES string of the molecule is CCOP1(=O)N=C(C2=C(O)C(Cc3cscn3)N(CCC(C)(C)C)C2=O)Nc2ccc(NS(C)(=O)=O)cc21. The second-order valence-electron chi connectivity index (χ2n) is 10.4. The van der Waals surface area contributed by atoms with Gasteiger partial charge in [0.1, 0.15) is 11.3 Å². The van der Waals surface area contributed by atoms with Crippen molar-refractivity contribution in [2.45, 2.75) is 46.6 Å². The van der Waals surface area contributed by atoms with Gasteiger partial charge in [-0.1, -0.05) is 20.8 Å². The molecular formula is C24H32N5O6PS2. The molecule has 1 aromatic heterocycles. The molecule has 2 aliphatic rings. The number of aliphatic hydroxyl groups excluding tert-OH is 1. The zero-order chi connectivity index (χ0) is 27.9. The second-order valence-corrected chi connectivity index (χ2v) is 14.8. The molecular weight excluding hydrogens is 549 g/mol. The van der Waals surface area contributed by atoms with Crippen LogP contribution >= 0.6 is 18.9 Å². The lowest BCUT2D eigenvalue weighted by atomic mass is 9.92. The lowest BCUT2D eigenvalue weighted by Crippen LogP contribution is -2.40. The van der Waals surface area contributed by atoms with Gasteiger partial charge in [0.25, 0.3) is 5.91 Å². The van der Waals surface area contributed by atoms with Crippen molar-refractivity contribution in [1.82, 2.24) is 9.88 Å². The van der Waals surface area contributed by atoms with E-state index in [1.165, 1.54) is 29.5 Å². The molecule has 4 rings (SSSR count). The molecule has 38 heavy (non-hydrogen) atoms. The predicted molar refractivity (Wildman–Crippen MR) is 150 cm³/mol. The Morgan fingerprint density at radius 3 is 2.66 bits per heavy atom. The van der Waals surface area contributed by atoms with E-state index in [4.69, 9.17) is 4.52 Å². The van der Waals surface area contributed by atoms with Crippen LogP contribution in [0.1, 0.15) is 39.8 Å². The van der Waals surface area contributed by atoms with Crippen molar-refractivity contribution >= 4 is 57.3 Å². The van der Waals surface area contributed by atoms with Crippen LogP contribution in [-0.2, 0) is 30.3 Å². The molecule has 0 spiro atoms. The number of benzene rings is 1. The van der Waals surface area contributed by atoms with Gasteiger partial charge in [-0.2, -0.15) is 4.76 Å². The summed E-state index contributed by atoms with van der Waals surface area (Å²) in [7, 11) is -7.51. The molecule has 14 heteroatoms. The number of aromatic nitrogens is 1. The van der Waals surface area contributed by atoms with Gasteiger partial charge in [-0.15, -0.1) is 11.3 Å². The van der Waals surface area contributed by atoms with E-state index in [1.54, 1.807) is 17.3 Å². The quantitative estimate of drug-likeness (QED) is 0.378. The summed E-state index contributed by atoms with van der Waals surface area (Å²) in [5, 5.41) is 16.4. The fourth-order valence-electron chi connectivity index (χ4n) is 4.26. The summed E-state index contributed by atoms with van der Waals surface area (Å²) in [4.78, 5) is 19.7. The van der Waals surface area contributed by atoms with Gasteiger partial charge in [-0.05, 0) is 37.0 Å². The topological polar surface area (TPSA) is 150 Å². The molecule has 0 saturated carbocycles. The number of sulfonamides is 1. The van der Waals surface area contributed by atoms with E-state index in [9.17, 15) is 22.9 Å². The van der Waals surface area contributed by atoms with Crippen LogP contribution in [0.5, 0.6) is 0 Å². The van der Waals surface area contributed by atoms with Crippen molar-refractivity contribution in [2.24, 2.45) is 10.2 Å². The second kappa shape index (κ2) is 10.4. The number of carbonyl (C=O) groups excluding carboxylic acids is 1. The van der Waals surface area contributed by atoms with Crippen molar-refractivity contribution in [3.05, 3.63) is 46.1 Å². The Morgan fingerprint density at radius 1 is 1.32 bits per heavy atom. The molecule has 1 amide bonds. The van der Waals surface area contributed by atoms with E-state index >= 15 is 0 Å². The summed E-state index contributed by atoms with van der Waals surface area (Å²) in [5.41, 5.74) is 2.86. The number of nitrogens with zero attached hydrogens (tertiary/aromatic N) is 3. The maximum atomic E-state index is 14.0. The fourth-order valence-corrected chi connectivity index (χ4v) is 7.19. The number of aliphatic hydroxyl groups is 1. The zero-order valence-corrected chi connectivity index (χ0v) is 24.4. The first kappa shape index (κ1) is 28.3. The molecule has 11 nitrogen and oxygen atoms in total. The van der Waals surface area contributed by atoms with Gasteiger partial charge in [0.15, 0.2) is 5.84 Å². The number of carbonyl (C=O) groups is 1. The van der Waals surface area contributed by atoms with E-state index < -0.39 is 29.5 Å². The monoisotopic (exact) mass is 581 g/mol. The molecule has 3 N–H and O–H groups in total. The number of nitrogens with one attached hydrogen (secondary N) is 2. The highest BCUT2D eigenvalue weighted by molar-refractivity contribution is 7.92. The van der Waals surface area contributed by atoms with Gasteiger partial charge >= 0.3 is 7.52 Å². The first-order chi connectivity index (χ1) is 17.7. The average Bonchev–Trinajstić information content (AvgIpc) is 3.38. The molecule has 0 fully saturated rings. The minimum absolute atomic E-state index is 0.0498. The zero-order valence-electron chi connectivity index (χ0n) is 21.9. The molecule has 2 unspecified atom stereocenters. The Morgan fingerprint density at radius 2 is 2.05 bits per heavy atom. The third kappa shape index (κ3) is 6.12. The molecule has 3 heterocycles. The average molecular weight is 582 g/mol. The number of fused-ring (bicyclic) bond motifs is 1. The third-order valence-electron chi connectivity index (χ3n) is 6.04. The Hall–Kier alpha value is -2.73. The standard InChI is InChI=1S/C24H32N5O6PS2/c1-6-35-36(32)19-12-15(28-38(5,33)34)7-8-17(19)26-22(27-36)20-21(30)18(11-16-13-37-14-25-16)29(23(20)31)10-9-24(2,3)4/h7-8,12-14,18,28,30H,6,9-11H2,1-5H3,(H,26,27,32). The van der Waals surface area contributed by atoms with Crippen LogP contribution in [0.4, 0.5) is 11.4 Å². The molecule has 0 bridgehead atoms. The van der Waals surface area contributed by atoms with Crippen molar-refractivity contribution < 1.29 is 27.4 Å². The highest BCUT2D eigenvalue weighted by Gasteiger charge is 2.45. The van der Waals surface area contributed by atoms with Crippen LogP contribution in [0.2, 0.25) is 0 Å². The normalized spacial score (nSPS) is 21.8. The molecule has 206 valence electrons. The summed E-state index contributed by atoms with van der Waals surface area (Å²) in [6, 6.07) is 3.77. The molecule has 1 aromatic carbocycles. The Labute approximate surface area is 226 Å². The molecule has 2 atom stereocenters. The highest BCUT2D eigenvalue weighted by Crippen LogP contribution is 2.52. The number of anilines is 2. The summed E-state index contributed by atoms with van der Waals surface area (Å²) in [5.74, 6) is -0.660. The van der Waals surface area contributed by atoms with Gasteiger partial charge in [-0.25, -0.2) is 13.4 Å². The van der Waals surface area contributed by atoms with Crippen LogP contribution in [-0.4, -0.2) is 60.6 Å². The summed E-state index contributed by atoms with van der Waals surface area (Å²) >= 11 is 1.43. The van der Waals surface area contributed by atoms with Gasteiger partial charge < -0.3 is 19.8 Å². The summed E-state index contributed by atoms with van der Waals surface area (Å²) in [6.07, 6.45) is 2.03. The fraction of sp³-hybridized carbons (Fsp3) is 0.458. The van der Waals surface area contributed by atoms with Crippen LogP contribution in [0, 0.1) is 5.41 Å². The van der Waals surface area contributed by atoms with E-state index in [0.717, 1.165) is 11.9 Å². The lowest BCUT2D eigenvalue weighted by molar-refractivity contribution is -0.127. The predicted octanol–water partition coefficient (Wildman–Crippen LogP) is 3.90. The number of hydrogen-bond acceptors (Lipinski definition) is 9. The van der Waals surface area contributed by atoms with Crippen molar-refractivity contribution in [1.29, 1.82) is 0 Å². The minimum atomic E-state index is -3.93. The third-order valence-corrected chi connectivity index (χ3v) is 9.33. The maximum absolute atomic E-state index is 14.0. The van der Waals surface area contributed by atoms with E-state index in [1.807, 2.05) is 5.38 Å². The summed E-state index contributed by atoms with van der Waals surface area (Å²) < 4.78 is 49.6. The van der Waals surface area contributed by atoms with Crippen molar-refractivity contribution in [3.8, 4) is 0 Å². The minimum Gasteiger partial charge on any atom is -0.509 e. The van der Waals surface area contributed by atoms with Gasteiger partial charge in [0.2, 0.25) is 10.0 Å². The number of amidine groups is 1. The number of hydrogen-bond donors (Lipinski definition) is 3.